The molecule has 2 N–H and O–H groups in total. The second-order valence-corrected chi connectivity index (χ2v) is 4.55. The number of nitrogens with zero attached hydrogens (tertiary/aromatic N) is 2. The lowest BCUT2D eigenvalue weighted by Crippen LogP contribution is -2.19. The van der Waals surface area contributed by atoms with Crippen molar-refractivity contribution in [2.24, 2.45) is 0 Å². The molecule has 0 aromatic carbocycles. The Labute approximate surface area is 113 Å². The monoisotopic (exact) mass is 266 g/mol. The Balaban J connectivity index is 2.01. The third-order valence-electron chi connectivity index (χ3n) is 3.07. The highest BCUT2D eigenvalue weighted by Crippen LogP contribution is 2.29. The van der Waals surface area contributed by atoms with Gasteiger partial charge < -0.3 is 20.1 Å². The number of hydrogen-bond donors (Lipinski definition) is 2. The molecule has 2 rings (SSSR count). The highest BCUT2D eigenvalue weighted by Gasteiger charge is 2.17. The van der Waals surface area contributed by atoms with E-state index >= 15 is 0 Å². The fourth-order valence-electron chi connectivity index (χ4n) is 2.08. The summed E-state index contributed by atoms with van der Waals surface area (Å²) in [6, 6.07) is 0. The summed E-state index contributed by atoms with van der Waals surface area (Å²) < 4.78 is 11.0. The number of nitrogens with one attached hydrogen (secondary N) is 2. The van der Waals surface area contributed by atoms with Crippen LogP contribution >= 0.6 is 0 Å². The normalized spacial score (nSPS) is 18.3. The lowest BCUT2D eigenvalue weighted by molar-refractivity contribution is 0.120. The molecule has 1 atom stereocenters. The molecule has 0 spiro atoms. The topological polar surface area (TPSA) is 68.3 Å². The van der Waals surface area contributed by atoms with Crippen molar-refractivity contribution in [1.29, 1.82) is 0 Å². The molecule has 0 amide bonds. The molecule has 0 saturated carbocycles. The van der Waals surface area contributed by atoms with Crippen LogP contribution in [0.15, 0.2) is 6.33 Å². The van der Waals surface area contributed by atoms with Crippen molar-refractivity contribution in [2.45, 2.75) is 32.3 Å². The Kier molecular flexibility index (Phi) is 5.20. The second-order valence-electron chi connectivity index (χ2n) is 4.55. The average Bonchev–Trinajstić information content (AvgIpc) is 2.96. The number of rotatable bonds is 7. The van der Waals surface area contributed by atoms with Crippen LogP contribution in [0.1, 0.15) is 26.2 Å². The van der Waals surface area contributed by atoms with E-state index in [0.717, 1.165) is 44.8 Å². The number of methoxy groups -OCH3 is 1. The first kappa shape index (κ1) is 13.9. The van der Waals surface area contributed by atoms with Gasteiger partial charge in [0.2, 0.25) is 5.75 Å². The largest absolute Gasteiger partial charge is 0.490 e. The van der Waals surface area contributed by atoms with Crippen LogP contribution in [-0.2, 0) is 4.74 Å². The third kappa shape index (κ3) is 3.70. The predicted octanol–water partition coefficient (Wildman–Crippen LogP) is 1.90. The van der Waals surface area contributed by atoms with Gasteiger partial charge in [0.15, 0.2) is 11.6 Å². The first-order chi connectivity index (χ1) is 9.35. The molecule has 1 aromatic rings. The molecule has 0 bridgehead atoms. The lowest BCUT2D eigenvalue weighted by Gasteiger charge is -2.15. The highest BCUT2D eigenvalue weighted by molar-refractivity contribution is 5.63. The van der Waals surface area contributed by atoms with Crippen LogP contribution in [-0.4, -0.2) is 42.9 Å². The minimum absolute atomic E-state index is 0.270. The maximum atomic E-state index is 5.58. The number of ether oxygens (including phenoxy) is 2. The fraction of sp³-hybridized carbons (Fsp3) is 0.692. The molecule has 0 aliphatic carbocycles. The molecule has 6 heteroatoms. The van der Waals surface area contributed by atoms with Gasteiger partial charge >= 0.3 is 0 Å². The van der Waals surface area contributed by atoms with Gasteiger partial charge in [0.05, 0.1) is 13.2 Å². The summed E-state index contributed by atoms with van der Waals surface area (Å²) in [5.41, 5.74) is 0. The molecule has 6 nitrogen and oxygen atoms in total. The van der Waals surface area contributed by atoms with E-state index in [1.54, 1.807) is 13.4 Å². The van der Waals surface area contributed by atoms with Crippen molar-refractivity contribution in [3.8, 4) is 5.75 Å². The van der Waals surface area contributed by atoms with Crippen LogP contribution in [0.4, 0.5) is 11.6 Å². The van der Waals surface area contributed by atoms with Gasteiger partial charge in [-0.15, -0.1) is 0 Å². The van der Waals surface area contributed by atoms with Crippen LogP contribution in [0.2, 0.25) is 0 Å². The quantitative estimate of drug-likeness (QED) is 0.785. The molecule has 2 heterocycles. The summed E-state index contributed by atoms with van der Waals surface area (Å²) in [7, 11) is 1.63. The first-order valence-electron chi connectivity index (χ1n) is 6.83. The van der Waals surface area contributed by atoms with Crippen LogP contribution in [0, 0.1) is 0 Å². The Bertz CT molecular complexity index is 394. The van der Waals surface area contributed by atoms with Gasteiger partial charge in [0, 0.05) is 19.7 Å². The summed E-state index contributed by atoms with van der Waals surface area (Å²) in [6.45, 7) is 4.58. The van der Waals surface area contributed by atoms with Gasteiger partial charge in [-0.3, -0.25) is 0 Å². The molecule has 1 unspecified atom stereocenters. The van der Waals surface area contributed by atoms with Gasteiger partial charge in [0.25, 0.3) is 0 Å². The van der Waals surface area contributed by atoms with Crippen molar-refractivity contribution >= 4 is 11.6 Å². The molecule has 1 aromatic heterocycles. The van der Waals surface area contributed by atoms with E-state index in [4.69, 9.17) is 9.47 Å². The van der Waals surface area contributed by atoms with Crippen molar-refractivity contribution in [2.75, 3.05) is 37.4 Å². The van der Waals surface area contributed by atoms with Gasteiger partial charge in [-0.25, -0.2) is 9.97 Å². The van der Waals surface area contributed by atoms with E-state index in [9.17, 15) is 0 Å². The zero-order chi connectivity index (χ0) is 13.5. The SMILES string of the molecule is CCCNc1ncnc(NCC2CCCO2)c1OC. The molecule has 0 radical (unpaired) electrons. The molecule has 106 valence electrons. The van der Waals surface area contributed by atoms with E-state index in [2.05, 4.69) is 27.5 Å². The van der Waals surface area contributed by atoms with Crippen molar-refractivity contribution in [1.82, 2.24) is 9.97 Å². The van der Waals surface area contributed by atoms with Gasteiger partial charge in [-0.05, 0) is 19.3 Å². The van der Waals surface area contributed by atoms with Crippen molar-refractivity contribution < 1.29 is 9.47 Å². The zero-order valence-corrected chi connectivity index (χ0v) is 11.6. The fourth-order valence-corrected chi connectivity index (χ4v) is 2.08. The average molecular weight is 266 g/mol. The molecule has 1 aliphatic heterocycles. The van der Waals surface area contributed by atoms with Gasteiger partial charge in [-0.1, -0.05) is 6.92 Å². The van der Waals surface area contributed by atoms with Crippen LogP contribution < -0.4 is 15.4 Å². The summed E-state index contributed by atoms with van der Waals surface area (Å²) in [5, 5.41) is 6.52. The molecule has 1 aliphatic rings. The minimum Gasteiger partial charge on any atom is -0.490 e. The van der Waals surface area contributed by atoms with Crippen molar-refractivity contribution in [3.05, 3.63) is 6.33 Å². The highest BCUT2D eigenvalue weighted by atomic mass is 16.5. The molecule has 19 heavy (non-hydrogen) atoms. The van der Waals surface area contributed by atoms with E-state index in [1.165, 1.54) is 0 Å². The minimum atomic E-state index is 0.270. The Hall–Kier alpha value is -1.56. The number of aromatic nitrogens is 2. The van der Waals surface area contributed by atoms with E-state index in [0.29, 0.717) is 11.6 Å². The van der Waals surface area contributed by atoms with Gasteiger partial charge in [0.1, 0.15) is 6.33 Å². The zero-order valence-electron chi connectivity index (χ0n) is 11.6. The first-order valence-corrected chi connectivity index (χ1v) is 6.83. The smallest absolute Gasteiger partial charge is 0.204 e. The molecular formula is C13H22N4O2. The number of hydrogen-bond acceptors (Lipinski definition) is 6. The Morgan fingerprint density at radius 3 is 2.79 bits per heavy atom. The van der Waals surface area contributed by atoms with Crippen LogP contribution in [0.5, 0.6) is 5.75 Å². The molecular weight excluding hydrogens is 244 g/mol. The number of anilines is 2. The summed E-state index contributed by atoms with van der Waals surface area (Å²) in [5.74, 6) is 2.11. The maximum Gasteiger partial charge on any atom is 0.204 e. The maximum absolute atomic E-state index is 5.58. The standard InChI is InChI=1S/C13H22N4O2/c1-3-6-14-12-11(18-2)13(17-9-16-12)15-8-10-5-4-7-19-10/h9-10H,3-8H2,1-2H3,(H2,14,15,16,17). The summed E-state index contributed by atoms with van der Waals surface area (Å²) in [4.78, 5) is 8.45. The summed E-state index contributed by atoms with van der Waals surface area (Å²) in [6.07, 6.45) is 5.08. The van der Waals surface area contributed by atoms with Crippen molar-refractivity contribution in [3.63, 3.8) is 0 Å². The van der Waals surface area contributed by atoms with E-state index in [1.807, 2.05) is 0 Å². The summed E-state index contributed by atoms with van der Waals surface area (Å²) >= 11 is 0. The molecule has 1 fully saturated rings. The lowest BCUT2D eigenvalue weighted by atomic mass is 10.2. The second kappa shape index (κ2) is 7.13. The Morgan fingerprint density at radius 1 is 1.37 bits per heavy atom. The third-order valence-corrected chi connectivity index (χ3v) is 3.07. The van der Waals surface area contributed by atoms with Gasteiger partial charge in [-0.2, -0.15) is 0 Å². The van der Waals surface area contributed by atoms with Crippen LogP contribution in [0.25, 0.3) is 0 Å². The Morgan fingerprint density at radius 2 is 2.16 bits per heavy atom. The van der Waals surface area contributed by atoms with E-state index in [-0.39, 0.29) is 6.10 Å². The predicted molar refractivity (Wildman–Crippen MR) is 74.8 cm³/mol. The van der Waals surface area contributed by atoms with Crippen LogP contribution in [0.3, 0.4) is 0 Å². The van der Waals surface area contributed by atoms with E-state index < -0.39 is 0 Å². The molecule has 1 saturated heterocycles.